The third kappa shape index (κ3) is 6.20. The van der Waals surface area contributed by atoms with Crippen LogP contribution in [-0.2, 0) is 32.3 Å². The monoisotopic (exact) mass is 487 g/mol. The zero-order valence-electron chi connectivity index (χ0n) is 16.3. The van der Waals surface area contributed by atoms with E-state index in [9.17, 15) is 0 Å². The number of hydrogen-bond acceptors (Lipinski definition) is 0. The Morgan fingerprint density at radius 2 is 1.04 bits per heavy atom. The van der Waals surface area contributed by atoms with Crippen molar-refractivity contribution in [1.82, 2.24) is 0 Å². The van der Waals surface area contributed by atoms with E-state index in [4.69, 9.17) is 0 Å². The van der Waals surface area contributed by atoms with Crippen molar-refractivity contribution in [1.29, 1.82) is 0 Å². The Morgan fingerprint density at radius 3 is 1.44 bits per heavy atom. The van der Waals surface area contributed by atoms with Gasteiger partial charge in [-0.15, -0.1) is 0 Å². The SMILES string of the molecule is [Rh].c1ccc(C[C@H]2CCC[PH+]2CC[PH+]2CCC[C@@H]2Cc2ccccc2)cc1. The van der Waals surface area contributed by atoms with Crippen molar-refractivity contribution < 1.29 is 19.5 Å². The van der Waals surface area contributed by atoms with E-state index < -0.39 is 0 Å². The van der Waals surface area contributed by atoms with Gasteiger partial charge in [0.05, 0.1) is 36.0 Å². The minimum absolute atomic E-state index is 0. The predicted octanol–water partition coefficient (Wildman–Crippen LogP) is 6.22. The molecule has 0 aliphatic carbocycles. The quantitative estimate of drug-likeness (QED) is 0.321. The summed E-state index contributed by atoms with van der Waals surface area (Å²) >= 11 is 0. The summed E-state index contributed by atoms with van der Waals surface area (Å²) in [6, 6.07) is 22.6. The van der Waals surface area contributed by atoms with Crippen LogP contribution in [0.25, 0.3) is 0 Å². The fourth-order valence-corrected chi connectivity index (χ4v) is 13.5. The molecule has 2 aromatic rings. The molecule has 0 spiro atoms. The topological polar surface area (TPSA) is 0 Å². The molecule has 2 saturated heterocycles. The Bertz CT molecular complexity index is 601. The van der Waals surface area contributed by atoms with Crippen molar-refractivity contribution in [2.75, 3.05) is 24.6 Å². The minimum atomic E-state index is -0.105. The Balaban J connectivity index is 0.00000210. The van der Waals surface area contributed by atoms with Gasteiger partial charge in [-0.3, -0.25) is 0 Å². The molecule has 2 aliphatic heterocycles. The van der Waals surface area contributed by atoms with E-state index in [1.54, 1.807) is 35.8 Å². The first-order valence-electron chi connectivity index (χ1n) is 10.7. The second-order valence-electron chi connectivity index (χ2n) is 8.37. The molecule has 0 saturated carbocycles. The molecule has 0 amide bonds. The summed E-state index contributed by atoms with van der Waals surface area (Å²) in [6.07, 6.45) is 15.2. The first kappa shape index (κ1) is 21.6. The van der Waals surface area contributed by atoms with Crippen LogP contribution in [0.15, 0.2) is 60.7 Å². The van der Waals surface area contributed by atoms with Gasteiger partial charge in [-0.1, -0.05) is 60.7 Å². The third-order valence-electron chi connectivity index (χ3n) is 6.67. The maximum Gasteiger partial charge on any atom is 0.0908 e. The van der Waals surface area contributed by atoms with Crippen LogP contribution in [0.4, 0.5) is 0 Å². The molecule has 4 atom stereocenters. The summed E-state index contributed by atoms with van der Waals surface area (Å²) < 4.78 is 0. The average Bonchev–Trinajstić information content (AvgIpc) is 3.31. The van der Waals surface area contributed by atoms with E-state index in [2.05, 4.69) is 60.7 Å². The van der Waals surface area contributed by atoms with Gasteiger partial charge in [-0.25, -0.2) is 0 Å². The van der Waals surface area contributed by atoms with Gasteiger partial charge in [-0.05, 0) is 36.8 Å². The molecular weight excluding hydrogens is 453 g/mol. The van der Waals surface area contributed by atoms with Crippen LogP contribution in [0.5, 0.6) is 0 Å². The second kappa shape index (κ2) is 11.2. The van der Waals surface area contributed by atoms with Gasteiger partial charge < -0.3 is 0 Å². The second-order valence-corrected chi connectivity index (χ2v) is 14.6. The molecule has 2 heterocycles. The smallest absolute Gasteiger partial charge is 0.0622 e. The molecule has 2 fully saturated rings. The Kier molecular flexibility index (Phi) is 8.97. The average molecular weight is 487 g/mol. The molecule has 0 nitrogen and oxygen atoms in total. The van der Waals surface area contributed by atoms with Crippen molar-refractivity contribution in [2.24, 2.45) is 0 Å². The van der Waals surface area contributed by atoms with E-state index >= 15 is 0 Å². The molecule has 1 radical (unpaired) electrons. The van der Waals surface area contributed by atoms with Gasteiger partial charge in [0.2, 0.25) is 0 Å². The summed E-state index contributed by atoms with van der Waals surface area (Å²) in [5.41, 5.74) is 5.27. The number of hydrogen-bond donors (Lipinski definition) is 0. The summed E-state index contributed by atoms with van der Waals surface area (Å²) in [5, 5.41) is 0. The van der Waals surface area contributed by atoms with Gasteiger partial charge in [0.1, 0.15) is 0 Å². The molecular formula is C24H34P2Rh+2. The molecule has 0 bridgehead atoms. The van der Waals surface area contributed by atoms with Crippen LogP contribution >= 0.6 is 15.8 Å². The Labute approximate surface area is 181 Å². The summed E-state index contributed by atoms with van der Waals surface area (Å²) in [4.78, 5) is 0. The molecule has 147 valence electrons. The van der Waals surface area contributed by atoms with Crippen LogP contribution in [0.3, 0.4) is 0 Å². The maximum atomic E-state index is 2.34. The normalized spacial score (nSPS) is 27.4. The summed E-state index contributed by atoms with van der Waals surface area (Å²) in [7, 11) is -0.210. The third-order valence-corrected chi connectivity index (χ3v) is 14.2. The van der Waals surface area contributed by atoms with Gasteiger partial charge in [-0.2, -0.15) is 0 Å². The molecule has 2 aliphatic rings. The van der Waals surface area contributed by atoms with Crippen molar-refractivity contribution in [3.05, 3.63) is 71.8 Å². The molecule has 27 heavy (non-hydrogen) atoms. The molecule has 2 unspecified atom stereocenters. The number of rotatable bonds is 7. The molecule has 4 rings (SSSR count). The van der Waals surface area contributed by atoms with Crippen LogP contribution in [-0.4, -0.2) is 36.0 Å². The van der Waals surface area contributed by atoms with Gasteiger partial charge in [0.25, 0.3) is 0 Å². The van der Waals surface area contributed by atoms with E-state index in [0.29, 0.717) is 0 Å². The standard InChI is InChI=1S/C24H32P2.Rh/c1-3-9-21(10-4-1)19-23-13-7-15-25(23)17-18-26-16-8-14-24(26)20-22-11-5-2-6-12-22;/h1-6,9-12,23-24H,7-8,13-20H2;/p+2/t23-,24-,25?,26?;/m1./s1. The molecule has 0 N–H and O–H groups in total. The zero-order valence-corrected chi connectivity index (χ0v) is 20.0. The maximum absolute atomic E-state index is 2.34. The molecule has 3 heteroatoms. The van der Waals surface area contributed by atoms with E-state index in [1.165, 1.54) is 38.5 Å². The van der Waals surface area contributed by atoms with Gasteiger partial charge in [0, 0.05) is 48.2 Å². The summed E-state index contributed by atoms with van der Waals surface area (Å²) in [6.45, 7) is 0. The van der Waals surface area contributed by atoms with Crippen LogP contribution in [0, 0.1) is 0 Å². The van der Waals surface area contributed by atoms with E-state index in [1.807, 2.05) is 0 Å². The Morgan fingerprint density at radius 1 is 0.630 bits per heavy atom. The molecule has 2 aromatic carbocycles. The van der Waals surface area contributed by atoms with Crippen molar-refractivity contribution >= 4 is 15.8 Å². The first-order valence-corrected chi connectivity index (χ1v) is 14.6. The fraction of sp³-hybridized carbons (Fsp3) is 0.500. The largest absolute Gasteiger partial charge is 0.0908 e. The fourth-order valence-electron chi connectivity index (χ4n) is 5.24. The zero-order chi connectivity index (χ0) is 17.6. The van der Waals surface area contributed by atoms with Crippen molar-refractivity contribution in [2.45, 2.75) is 49.8 Å². The van der Waals surface area contributed by atoms with Crippen LogP contribution < -0.4 is 0 Å². The summed E-state index contributed by atoms with van der Waals surface area (Å²) in [5.74, 6) is 0. The van der Waals surface area contributed by atoms with Gasteiger partial charge in [0.15, 0.2) is 0 Å². The Hall–Kier alpha value is -0.0766. The van der Waals surface area contributed by atoms with Gasteiger partial charge >= 0.3 is 0 Å². The first-order chi connectivity index (χ1) is 12.9. The minimum Gasteiger partial charge on any atom is -0.0622 e. The van der Waals surface area contributed by atoms with Crippen molar-refractivity contribution in [3.63, 3.8) is 0 Å². The predicted molar refractivity (Wildman–Crippen MR) is 122 cm³/mol. The van der Waals surface area contributed by atoms with E-state index in [0.717, 1.165) is 11.3 Å². The van der Waals surface area contributed by atoms with Crippen LogP contribution in [0.1, 0.15) is 36.8 Å². The number of benzene rings is 2. The van der Waals surface area contributed by atoms with Crippen LogP contribution in [0.2, 0.25) is 0 Å². The van der Waals surface area contributed by atoms with E-state index in [-0.39, 0.29) is 35.3 Å². The van der Waals surface area contributed by atoms with Crippen molar-refractivity contribution in [3.8, 4) is 0 Å². The molecule has 0 aromatic heterocycles.